The van der Waals surface area contributed by atoms with E-state index in [2.05, 4.69) is 23.1 Å². The van der Waals surface area contributed by atoms with Gasteiger partial charge in [-0.25, -0.2) is 9.18 Å². The monoisotopic (exact) mass is 372 g/mol. The molecule has 2 saturated heterocycles. The number of carbonyl (C=O) groups excluding carboxylic acids is 1. The van der Waals surface area contributed by atoms with Gasteiger partial charge in [-0.05, 0) is 37.5 Å². The molecule has 3 heterocycles. The minimum Gasteiger partial charge on any atom is -0.442 e. The highest BCUT2D eigenvalue weighted by Crippen LogP contribution is 2.28. The number of amides is 1. The molecule has 0 aliphatic carbocycles. The van der Waals surface area contributed by atoms with Gasteiger partial charge in [0.15, 0.2) is 0 Å². The number of halogens is 1. The molecule has 0 N–H and O–H groups in total. The van der Waals surface area contributed by atoms with E-state index in [0.29, 0.717) is 6.54 Å². The van der Waals surface area contributed by atoms with Crippen LogP contribution >= 0.6 is 0 Å². The lowest BCUT2D eigenvalue weighted by Crippen LogP contribution is -2.38. The molecule has 0 bridgehead atoms. The zero-order chi connectivity index (χ0) is 18.8. The van der Waals surface area contributed by atoms with E-state index in [1.807, 2.05) is 15.8 Å². The first-order valence-corrected chi connectivity index (χ1v) is 9.58. The predicted molar refractivity (Wildman–Crippen MR) is 98.7 cm³/mol. The summed E-state index contributed by atoms with van der Waals surface area (Å²) in [5, 5.41) is 4.32. The molecule has 0 saturated carbocycles. The van der Waals surface area contributed by atoms with E-state index >= 15 is 0 Å². The van der Waals surface area contributed by atoms with E-state index in [-0.39, 0.29) is 24.1 Å². The van der Waals surface area contributed by atoms with E-state index in [1.165, 1.54) is 17.7 Å². The lowest BCUT2D eigenvalue weighted by Gasteiger charge is -2.22. The Morgan fingerprint density at radius 2 is 2.04 bits per heavy atom. The van der Waals surface area contributed by atoms with Crippen molar-refractivity contribution in [3.63, 3.8) is 0 Å². The predicted octanol–water partition coefficient (Wildman–Crippen LogP) is 2.68. The van der Waals surface area contributed by atoms with Gasteiger partial charge in [0, 0.05) is 44.5 Å². The van der Waals surface area contributed by atoms with Gasteiger partial charge in [0.2, 0.25) is 0 Å². The van der Waals surface area contributed by atoms with Gasteiger partial charge in [-0.3, -0.25) is 9.58 Å². The number of hydrogen-bond donors (Lipinski definition) is 0. The molecule has 2 aromatic rings. The van der Waals surface area contributed by atoms with Crippen molar-refractivity contribution in [2.75, 3.05) is 19.6 Å². The quantitative estimate of drug-likeness (QED) is 0.750. The van der Waals surface area contributed by atoms with E-state index in [9.17, 15) is 9.18 Å². The standard InChI is InChI=1S/C20H25FN4O2/c1-2-24-12-16(10-22-24)11-23-13-18-19(14-23)27-20(26)25(18)9-3-4-15-5-7-17(21)8-6-15/h5-8,10,12,18-19H,2-4,9,11,13-14H2,1H3/t18-,19+/m0/s1. The van der Waals surface area contributed by atoms with Gasteiger partial charge >= 0.3 is 6.09 Å². The Hall–Kier alpha value is -2.41. The third-order valence-corrected chi connectivity index (χ3v) is 5.39. The topological polar surface area (TPSA) is 50.6 Å². The van der Waals surface area contributed by atoms with Crippen LogP contribution in [0.15, 0.2) is 36.7 Å². The van der Waals surface area contributed by atoms with Crippen molar-refractivity contribution in [2.45, 2.75) is 45.0 Å². The molecule has 1 aromatic heterocycles. The molecule has 2 atom stereocenters. The van der Waals surface area contributed by atoms with Crippen LogP contribution in [0.25, 0.3) is 0 Å². The fraction of sp³-hybridized carbons (Fsp3) is 0.500. The lowest BCUT2D eigenvalue weighted by atomic mass is 10.1. The van der Waals surface area contributed by atoms with Crippen molar-refractivity contribution >= 4 is 6.09 Å². The third-order valence-electron chi connectivity index (χ3n) is 5.39. The molecular formula is C20H25FN4O2. The molecule has 1 amide bonds. The minimum absolute atomic E-state index is 0.0514. The zero-order valence-electron chi connectivity index (χ0n) is 15.6. The van der Waals surface area contributed by atoms with Gasteiger partial charge in [0.1, 0.15) is 11.9 Å². The summed E-state index contributed by atoms with van der Waals surface area (Å²) in [5.41, 5.74) is 2.27. The normalized spacial score (nSPS) is 22.3. The van der Waals surface area contributed by atoms with Gasteiger partial charge in [0.25, 0.3) is 0 Å². The Morgan fingerprint density at radius 3 is 2.78 bits per heavy atom. The van der Waals surface area contributed by atoms with Gasteiger partial charge in [0.05, 0.1) is 12.2 Å². The number of aromatic nitrogens is 2. The lowest BCUT2D eigenvalue weighted by molar-refractivity contribution is 0.120. The molecule has 6 nitrogen and oxygen atoms in total. The molecule has 0 radical (unpaired) electrons. The SMILES string of the molecule is CCn1cc(CN2C[C@H]3OC(=O)N(CCCc4ccc(F)cc4)[C@H]3C2)cn1. The Balaban J connectivity index is 1.30. The molecule has 7 heteroatoms. The summed E-state index contributed by atoms with van der Waals surface area (Å²) in [6.07, 6.45) is 5.38. The Kier molecular flexibility index (Phi) is 5.11. The average Bonchev–Trinajstić information content (AvgIpc) is 3.33. The van der Waals surface area contributed by atoms with Crippen LogP contribution in [-0.2, 0) is 24.2 Å². The van der Waals surface area contributed by atoms with Gasteiger partial charge in [-0.1, -0.05) is 12.1 Å². The molecule has 2 aliphatic rings. The zero-order valence-corrected chi connectivity index (χ0v) is 15.6. The summed E-state index contributed by atoms with van der Waals surface area (Å²) < 4.78 is 20.5. The number of aryl methyl sites for hydroxylation is 2. The molecule has 0 spiro atoms. The summed E-state index contributed by atoms with van der Waals surface area (Å²) in [4.78, 5) is 16.4. The van der Waals surface area contributed by atoms with E-state index in [1.54, 1.807) is 12.1 Å². The first-order chi connectivity index (χ1) is 13.1. The van der Waals surface area contributed by atoms with Crippen molar-refractivity contribution in [1.82, 2.24) is 19.6 Å². The average molecular weight is 372 g/mol. The molecule has 2 aliphatic heterocycles. The van der Waals surface area contributed by atoms with Crippen LogP contribution in [0.2, 0.25) is 0 Å². The molecule has 2 fully saturated rings. The fourth-order valence-electron chi connectivity index (χ4n) is 3.99. The number of fused-ring (bicyclic) bond motifs is 1. The molecule has 0 unspecified atom stereocenters. The highest BCUT2D eigenvalue weighted by molar-refractivity contribution is 5.71. The van der Waals surface area contributed by atoms with Crippen LogP contribution in [0.5, 0.6) is 0 Å². The number of rotatable bonds is 7. The van der Waals surface area contributed by atoms with Crippen LogP contribution < -0.4 is 0 Å². The maximum Gasteiger partial charge on any atom is 0.410 e. The molecule has 1 aromatic carbocycles. The van der Waals surface area contributed by atoms with Crippen LogP contribution in [0.1, 0.15) is 24.5 Å². The highest BCUT2D eigenvalue weighted by Gasteiger charge is 2.47. The van der Waals surface area contributed by atoms with Crippen LogP contribution in [0, 0.1) is 5.82 Å². The second-order valence-corrected chi connectivity index (χ2v) is 7.31. The van der Waals surface area contributed by atoms with Gasteiger partial charge in [-0.2, -0.15) is 5.10 Å². The van der Waals surface area contributed by atoms with Crippen molar-refractivity contribution in [3.05, 3.63) is 53.6 Å². The summed E-state index contributed by atoms with van der Waals surface area (Å²) in [7, 11) is 0. The Labute approximate surface area is 158 Å². The smallest absolute Gasteiger partial charge is 0.410 e. The summed E-state index contributed by atoms with van der Waals surface area (Å²) in [6, 6.07) is 6.67. The number of hydrogen-bond acceptors (Lipinski definition) is 4. The number of nitrogens with zero attached hydrogens (tertiary/aromatic N) is 4. The molecule has 144 valence electrons. The summed E-state index contributed by atoms with van der Waals surface area (Å²) in [5.74, 6) is -0.222. The van der Waals surface area contributed by atoms with Gasteiger partial charge < -0.3 is 9.64 Å². The first kappa shape index (κ1) is 18.0. The van der Waals surface area contributed by atoms with Crippen molar-refractivity contribution in [1.29, 1.82) is 0 Å². The van der Waals surface area contributed by atoms with Crippen molar-refractivity contribution in [3.8, 4) is 0 Å². The second kappa shape index (κ2) is 7.68. The minimum atomic E-state index is -0.222. The number of ether oxygens (including phenoxy) is 1. The van der Waals surface area contributed by atoms with Crippen LogP contribution in [0.3, 0.4) is 0 Å². The maximum absolute atomic E-state index is 13.0. The van der Waals surface area contributed by atoms with Crippen LogP contribution in [0.4, 0.5) is 9.18 Å². The Bertz CT molecular complexity index is 792. The van der Waals surface area contributed by atoms with Gasteiger partial charge in [-0.15, -0.1) is 0 Å². The largest absolute Gasteiger partial charge is 0.442 e. The molecular weight excluding hydrogens is 347 g/mol. The summed E-state index contributed by atoms with van der Waals surface area (Å²) in [6.45, 7) is 6.02. The maximum atomic E-state index is 13.0. The second-order valence-electron chi connectivity index (χ2n) is 7.31. The highest BCUT2D eigenvalue weighted by atomic mass is 19.1. The number of carbonyl (C=O) groups is 1. The van der Waals surface area contributed by atoms with Crippen molar-refractivity contribution < 1.29 is 13.9 Å². The van der Waals surface area contributed by atoms with E-state index in [0.717, 1.165) is 44.6 Å². The molecule has 4 rings (SSSR count). The third kappa shape index (κ3) is 3.98. The van der Waals surface area contributed by atoms with Crippen molar-refractivity contribution in [2.24, 2.45) is 0 Å². The van der Waals surface area contributed by atoms with E-state index in [4.69, 9.17) is 4.74 Å². The number of likely N-dealkylation sites (tertiary alicyclic amines) is 1. The van der Waals surface area contributed by atoms with E-state index < -0.39 is 0 Å². The molecule has 27 heavy (non-hydrogen) atoms. The number of benzene rings is 1. The van der Waals surface area contributed by atoms with Crippen LogP contribution in [-0.4, -0.2) is 57.5 Å². The Morgan fingerprint density at radius 1 is 1.22 bits per heavy atom. The summed E-state index contributed by atoms with van der Waals surface area (Å²) >= 11 is 0. The first-order valence-electron chi connectivity index (χ1n) is 9.58. The fourth-order valence-corrected chi connectivity index (χ4v) is 3.99.